The second-order valence-corrected chi connectivity index (χ2v) is 10.1. The Morgan fingerprint density at radius 3 is 2.37 bits per heavy atom. The largest absolute Gasteiger partial charge is 0.326 e. The molecule has 0 bridgehead atoms. The maximum Gasteiger partial charge on any atom is 0.242 e. The van der Waals surface area contributed by atoms with Crippen LogP contribution < -0.4 is 15.4 Å². The maximum atomic E-state index is 13.2. The van der Waals surface area contributed by atoms with E-state index in [0.717, 1.165) is 11.1 Å². The van der Waals surface area contributed by atoms with Gasteiger partial charge in [0.05, 0.1) is 4.90 Å². The molecule has 0 spiro atoms. The van der Waals surface area contributed by atoms with Gasteiger partial charge in [-0.15, -0.1) is 0 Å². The highest BCUT2D eigenvalue weighted by atomic mass is 32.2. The van der Waals surface area contributed by atoms with Crippen molar-refractivity contribution in [1.82, 2.24) is 4.72 Å². The maximum absolute atomic E-state index is 13.2. The molecular formula is C26H25N3O5S. The predicted molar refractivity (Wildman–Crippen MR) is 133 cm³/mol. The van der Waals surface area contributed by atoms with Crippen molar-refractivity contribution in [2.24, 2.45) is 0 Å². The molecule has 2 amide bonds. The van der Waals surface area contributed by atoms with Gasteiger partial charge in [-0.25, -0.2) is 8.42 Å². The van der Waals surface area contributed by atoms with Crippen LogP contribution in [0.5, 0.6) is 0 Å². The number of fused-ring (bicyclic) bond motifs is 1. The molecule has 0 saturated carbocycles. The fourth-order valence-electron chi connectivity index (χ4n) is 3.84. The summed E-state index contributed by atoms with van der Waals surface area (Å²) in [4.78, 5) is 36.3. The van der Waals surface area contributed by atoms with Crippen molar-refractivity contribution in [2.45, 2.75) is 37.1 Å². The lowest BCUT2D eigenvalue weighted by molar-refractivity contribution is -0.118. The smallest absolute Gasteiger partial charge is 0.242 e. The standard InChI is InChI=1S/C26H25N3O5S/c1-17(30)19-7-10-21(11-8-19)27-26(32)24(15-18-5-3-2-4-6-18)29-35(33,34)22-12-13-23-20(16-22)9-14-25(31)28-23/h2-8,10-13,16,24,29H,9,14-15H2,1H3,(H,27,32)(H,28,31)/t24-/m0/s1. The molecule has 3 aromatic carbocycles. The molecule has 1 aliphatic rings. The van der Waals surface area contributed by atoms with Crippen LogP contribution in [-0.2, 0) is 32.5 Å². The zero-order valence-electron chi connectivity index (χ0n) is 19.1. The molecule has 180 valence electrons. The van der Waals surface area contributed by atoms with Gasteiger partial charge in [-0.3, -0.25) is 14.4 Å². The minimum atomic E-state index is -4.05. The zero-order chi connectivity index (χ0) is 25.0. The molecule has 4 rings (SSSR count). The van der Waals surface area contributed by atoms with Crippen LogP contribution in [0.4, 0.5) is 11.4 Å². The Morgan fingerprint density at radius 2 is 1.69 bits per heavy atom. The summed E-state index contributed by atoms with van der Waals surface area (Å²) < 4.78 is 29.0. The van der Waals surface area contributed by atoms with Crippen molar-refractivity contribution in [1.29, 1.82) is 0 Å². The summed E-state index contributed by atoms with van der Waals surface area (Å²) >= 11 is 0. The highest BCUT2D eigenvalue weighted by Gasteiger charge is 2.27. The number of ketones is 1. The van der Waals surface area contributed by atoms with E-state index in [1.807, 2.05) is 30.3 Å². The number of nitrogens with one attached hydrogen (secondary N) is 3. The predicted octanol–water partition coefficient (Wildman–Crippen LogP) is 3.30. The summed E-state index contributed by atoms with van der Waals surface area (Å²) in [5, 5.41) is 5.46. The molecule has 0 aliphatic carbocycles. The lowest BCUT2D eigenvalue weighted by Gasteiger charge is -2.21. The molecule has 1 heterocycles. The molecule has 0 saturated heterocycles. The summed E-state index contributed by atoms with van der Waals surface area (Å²) in [7, 11) is -4.05. The van der Waals surface area contributed by atoms with E-state index in [1.54, 1.807) is 30.3 Å². The number of Topliss-reactive ketones (excluding diaryl/α,β-unsaturated/α-hetero) is 1. The monoisotopic (exact) mass is 491 g/mol. The summed E-state index contributed by atoms with van der Waals surface area (Å²) in [6.07, 6.45) is 0.860. The van der Waals surface area contributed by atoms with E-state index in [2.05, 4.69) is 15.4 Å². The Bertz CT molecular complexity index is 1370. The number of amides is 2. The number of carbonyl (C=O) groups excluding carboxylic acids is 3. The topological polar surface area (TPSA) is 121 Å². The number of hydrogen-bond acceptors (Lipinski definition) is 5. The Balaban J connectivity index is 1.58. The number of aryl methyl sites for hydroxylation is 1. The average molecular weight is 492 g/mol. The van der Waals surface area contributed by atoms with E-state index in [-0.39, 0.29) is 29.4 Å². The third-order valence-electron chi connectivity index (χ3n) is 5.74. The summed E-state index contributed by atoms with van der Waals surface area (Å²) in [5.74, 6) is -0.734. The Morgan fingerprint density at radius 1 is 0.971 bits per heavy atom. The van der Waals surface area contributed by atoms with E-state index in [1.165, 1.54) is 19.1 Å². The lowest BCUT2D eigenvalue weighted by atomic mass is 10.0. The van der Waals surface area contributed by atoms with Crippen LogP contribution in [0, 0.1) is 0 Å². The van der Waals surface area contributed by atoms with E-state index in [4.69, 9.17) is 0 Å². The van der Waals surface area contributed by atoms with Crippen molar-refractivity contribution in [3.8, 4) is 0 Å². The number of rotatable bonds is 8. The molecule has 0 aromatic heterocycles. The van der Waals surface area contributed by atoms with Crippen LogP contribution in [0.25, 0.3) is 0 Å². The van der Waals surface area contributed by atoms with Crippen LogP contribution in [-0.4, -0.2) is 32.1 Å². The number of anilines is 2. The van der Waals surface area contributed by atoms with Gasteiger partial charge in [0.1, 0.15) is 6.04 Å². The van der Waals surface area contributed by atoms with Gasteiger partial charge in [-0.05, 0) is 73.4 Å². The molecule has 0 unspecified atom stereocenters. The van der Waals surface area contributed by atoms with E-state index in [0.29, 0.717) is 23.4 Å². The summed E-state index contributed by atoms with van der Waals surface area (Å²) in [5.41, 5.74) is 3.06. The number of benzene rings is 3. The van der Waals surface area contributed by atoms with Crippen molar-refractivity contribution in [3.63, 3.8) is 0 Å². The number of carbonyl (C=O) groups is 3. The van der Waals surface area contributed by atoms with Gasteiger partial charge in [0, 0.05) is 23.4 Å². The molecule has 35 heavy (non-hydrogen) atoms. The van der Waals surface area contributed by atoms with Crippen LogP contribution in [0.2, 0.25) is 0 Å². The van der Waals surface area contributed by atoms with Crippen LogP contribution in [0.15, 0.2) is 77.7 Å². The fraction of sp³-hybridized carbons (Fsp3) is 0.192. The minimum Gasteiger partial charge on any atom is -0.326 e. The molecule has 1 atom stereocenters. The van der Waals surface area contributed by atoms with Crippen molar-refractivity contribution in [2.75, 3.05) is 10.6 Å². The van der Waals surface area contributed by atoms with Crippen LogP contribution in [0.3, 0.4) is 0 Å². The first-order valence-corrected chi connectivity index (χ1v) is 12.6. The summed E-state index contributed by atoms with van der Waals surface area (Å²) in [6.45, 7) is 1.45. The van der Waals surface area contributed by atoms with Crippen LogP contribution >= 0.6 is 0 Å². The molecule has 3 N–H and O–H groups in total. The molecule has 1 aliphatic heterocycles. The lowest BCUT2D eigenvalue weighted by Crippen LogP contribution is -2.45. The highest BCUT2D eigenvalue weighted by Crippen LogP contribution is 2.25. The molecule has 9 heteroatoms. The molecule has 0 radical (unpaired) electrons. The van der Waals surface area contributed by atoms with Crippen molar-refractivity contribution >= 4 is 39.0 Å². The van der Waals surface area contributed by atoms with E-state index >= 15 is 0 Å². The quantitative estimate of drug-likeness (QED) is 0.418. The number of sulfonamides is 1. The molecule has 3 aromatic rings. The summed E-state index contributed by atoms with van der Waals surface area (Å²) in [6, 6.07) is 18.9. The second-order valence-electron chi connectivity index (χ2n) is 8.35. The van der Waals surface area contributed by atoms with Gasteiger partial charge in [-0.2, -0.15) is 4.72 Å². The second kappa shape index (κ2) is 10.2. The van der Waals surface area contributed by atoms with E-state index in [9.17, 15) is 22.8 Å². The first-order chi connectivity index (χ1) is 16.7. The SMILES string of the molecule is CC(=O)c1ccc(NC(=O)[C@H](Cc2ccccc2)NS(=O)(=O)c2ccc3c(c2)CCC(=O)N3)cc1. The Labute approximate surface area is 203 Å². The Kier molecular flexibility index (Phi) is 7.09. The normalized spacial score (nSPS) is 13.9. The van der Waals surface area contributed by atoms with Gasteiger partial charge in [0.15, 0.2) is 5.78 Å². The zero-order valence-corrected chi connectivity index (χ0v) is 19.9. The average Bonchev–Trinajstić information content (AvgIpc) is 2.84. The van der Waals surface area contributed by atoms with Crippen molar-refractivity contribution < 1.29 is 22.8 Å². The minimum absolute atomic E-state index is 0.0177. The van der Waals surface area contributed by atoms with Crippen molar-refractivity contribution in [3.05, 3.63) is 89.5 Å². The van der Waals surface area contributed by atoms with Gasteiger partial charge in [0.25, 0.3) is 0 Å². The van der Waals surface area contributed by atoms with Gasteiger partial charge in [0.2, 0.25) is 21.8 Å². The van der Waals surface area contributed by atoms with Gasteiger partial charge < -0.3 is 10.6 Å². The molecule has 8 nitrogen and oxygen atoms in total. The van der Waals surface area contributed by atoms with Gasteiger partial charge in [-0.1, -0.05) is 30.3 Å². The fourth-order valence-corrected chi connectivity index (χ4v) is 5.08. The molecule has 0 fully saturated rings. The Hall–Kier alpha value is -3.82. The molecular weight excluding hydrogens is 466 g/mol. The van der Waals surface area contributed by atoms with E-state index < -0.39 is 22.0 Å². The third-order valence-corrected chi connectivity index (χ3v) is 7.21. The number of hydrogen-bond donors (Lipinski definition) is 3. The first kappa shape index (κ1) is 24.3. The van der Waals surface area contributed by atoms with Gasteiger partial charge >= 0.3 is 0 Å². The first-order valence-electron chi connectivity index (χ1n) is 11.1. The highest BCUT2D eigenvalue weighted by molar-refractivity contribution is 7.89. The van der Waals surface area contributed by atoms with Crippen LogP contribution in [0.1, 0.15) is 34.8 Å². The third kappa shape index (κ3) is 6.00.